The molecule has 5 rings (SSSR count). The summed E-state index contributed by atoms with van der Waals surface area (Å²) in [6.45, 7) is 6.30. The number of rotatable bonds is 9. The van der Waals surface area contributed by atoms with Crippen LogP contribution in [-0.2, 0) is 4.74 Å². The number of anilines is 1. The van der Waals surface area contributed by atoms with Gasteiger partial charge in [0.2, 0.25) is 0 Å². The van der Waals surface area contributed by atoms with Crippen molar-refractivity contribution in [3.8, 4) is 0 Å². The number of carbonyl (C=O) groups excluding carboxylic acids is 2. The largest absolute Gasteiger partial charge is 0.444 e. The lowest BCUT2D eigenvalue weighted by molar-refractivity contribution is 0.0501. The number of aromatic nitrogens is 4. The second-order valence-electron chi connectivity index (χ2n) is 11.5. The van der Waals surface area contributed by atoms with Gasteiger partial charge in [-0.05, 0) is 82.4 Å². The van der Waals surface area contributed by atoms with Crippen molar-refractivity contribution in [1.29, 1.82) is 0 Å². The number of carbonyl (C=O) groups is 2. The molecule has 228 valence electrons. The molecule has 1 aliphatic heterocycles. The van der Waals surface area contributed by atoms with Gasteiger partial charge in [0.15, 0.2) is 0 Å². The van der Waals surface area contributed by atoms with Crippen molar-refractivity contribution in [2.24, 2.45) is 0 Å². The van der Waals surface area contributed by atoms with Gasteiger partial charge in [-0.25, -0.2) is 19.7 Å². The van der Waals surface area contributed by atoms with Gasteiger partial charge in [0.25, 0.3) is 5.91 Å². The van der Waals surface area contributed by atoms with E-state index in [0.29, 0.717) is 45.4 Å². The van der Waals surface area contributed by atoms with Crippen LogP contribution in [0.25, 0.3) is 21.9 Å². The Morgan fingerprint density at radius 1 is 1.19 bits per heavy atom. The highest BCUT2D eigenvalue weighted by Gasteiger charge is 2.31. The van der Waals surface area contributed by atoms with Gasteiger partial charge in [0, 0.05) is 29.5 Å². The van der Waals surface area contributed by atoms with Crippen molar-refractivity contribution in [2.45, 2.75) is 57.7 Å². The van der Waals surface area contributed by atoms with E-state index in [9.17, 15) is 9.59 Å². The van der Waals surface area contributed by atoms with Gasteiger partial charge in [-0.3, -0.25) is 4.79 Å². The number of nitrogens with one attached hydrogen (secondary N) is 3. The molecule has 1 fully saturated rings. The van der Waals surface area contributed by atoms with Gasteiger partial charge in [0.1, 0.15) is 23.6 Å². The lowest BCUT2D eigenvalue weighted by atomic mass is 10.1. The molecule has 1 saturated heterocycles. The van der Waals surface area contributed by atoms with Crippen molar-refractivity contribution in [3.63, 3.8) is 0 Å². The summed E-state index contributed by atoms with van der Waals surface area (Å²) in [5, 5.41) is 7.95. The first-order valence-electron chi connectivity index (χ1n) is 14.1. The van der Waals surface area contributed by atoms with Crippen LogP contribution < -0.4 is 10.6 Å². The van der Waals surface area contributed by atoms with E-state index < -0.39 is 11.7 Å². The van der Waals surface area contributed by atoms with Gasteiger partial charge in [-0.1, -0.05) is 23.2 Å². The number of thioether (sulfide) groups is 1. The van der Waals surface area contributed by atoms with Gasteiger partial charge >= 0.3 is 6.09 Å². The third kappa shape index (κ3) is 7.45. The molecule has 0 radical (unpaired) electrons. The van der Waals surface area contributed by atoms with E-state index >= 15 is 0 Å². The lowest BCUT2D eigenvalue weighted by Gasteiger charge is -2.26. The molecule has 0 spiro atoms. The summed E-state index contributed by atoms with van der Waals surface area (Å²) in [5.41, 5.74) is 2.04. The first kappa shape index (κ1) is 31.2. The minimum Gasteiger partial charge on any atom is -0.444 e. The van der Waals surface area contributed by atoms with E-state index in [-0.39, 0.29) is 18.0 Å². The molecule has 43 heavy (non-hydrogen) atoms. The molecule has 0 unspecified atom stereocenters. The first-order chi connectivity index (χ1) is 20.5. The summed E-state index contributed by atoms with van der Waals surface area (Å²) in [6.07, 6.45) is 5.42. The zero-order chi connectivity index (χ0) is 30.7. The summed E-state index contributed by atoms with van der Waals surface area (Å²) < 4.78 is 5.35. The zero-order valence-electron chi connectivity index (χ0n) is 24.5. The normalized spacial score (nSPS) is 16.0. The SMILES string of the molecule is CSCC[C@H](Nc1ncnc2cc(C(=O)N3CCC[C@@H]3CNC(=O)OC(C)(C)C)c(Cl)cc12)c1nc2cc(Cl)ccc2[nH]1. The van der Waals surface area contributed by atoms with Crippen LogP contribution in [0.2, 0.25) is 10.0 Å². The van der Waals surface area contributed by atoms with Crippen LogP contribution in [0.1, 0.15) is 62.3 Å². The Bertz CT molecular complexity index is 1640. The smallest absolute Gasteiger partial charge is 0.407 e. The van der Waals surface area contributed by atoms with Crippen LogP contribution in [0.4, 0.5) is 10.6 Å². The molecule has 1 aliphatic rings. The van der Waals surface area contributed by atoms with Crippen LogP contribution in [0.15, 0.2) is 36.7 Å². The Hall–Kier alpha value is -3.28. The molecular formula is C30H35Cl2N7O3S. The number of hydrogen-bond donors (Lipinski definition) is 3. The Labute approximate surface area is 264 Å². The number of likely N-dealkylation sites (tertiary alicyclic amines) is 1. The number of amides is 2. The molecule has 2 aromatic carbocycles. The number of H-pyrrole nitrogens is 1. The first-order valence-corrected chi connectivity index (χ1v) is 16.3. The zero-order valence-corrected chi connectivity index (χ0v) is 26.9. The van der Waals surface area contributed by atoms with E-state index in [2.05, 4.69) is 31.8 Å². The molecule has 10 nitrogen and oxygen atoms in total. The lowest BCUT2D eigenvalue weighted by Crippen LogP contribution is -2.44. The van der Waals surface area contributed by atoms with E-state index in [0.717, 1.165) is 41.9 Å². The monoisotopic (exact) mass is 643 g/mol. The Kier molecular flexibility index (Phi) is 9.53. The highest BCUT2D eigenvalue weighted by Crippen LogP contribution is 2.32. The molecule has 0 bridgehead atoms. The minimum atomic E-state index is -0.598. The third-order valence-corrected chi connectivity index (χ3v) is 8.38. The van der Waals surface area contributed by atoms with Gasteiger partial charge in [-0.2, -0.15) is 11.8 Å². The quantitative estimate of drug-likeness (QED) is 0.181. The molecule has 2 amide bonds. The van der Waals surface area contributed by atoms with Crippen molar-refractivity contribution in [2.75, 3.05) is 30.4 Å². The standard InChI is InChI=1S/C30H35Cl2N7O3S/c1-30(2,3)42-29(41)33-15-18-6-5-10-39(18)28(40)19-14-24-20(13-21(19)32)26(35-16-34-24)37-23(9-11-43-4)27-36-22-8-7-17(31)12-25(22)38-27/h7-8,12-14,16,18,23H,5-6,9-11,15H2,1-4H3,(H,33,41)(H,36,38)(H,34,35,37)/t18-,23+/m1/s1. The summed E-state index contributed by atoms with van der Waals surface area (Å²) in [6, 6.07) is 8.70. The van der Waals surface area contributed by atoms with Crippen LogP contribution >= 0.6 is 35.0 Å². The molecule has 13 heteroatoms. The summed E-state index contributed by atoms with van der Waals surface area (Å²) in [5.74, 6) is 2.07. The average molecular weight is 645 g/mol. The number of fused-ring (bicyclic) bond motifs is 2. The number of aromatic amines is 1. The van der Waals surface area contributed by atoms with Crippen molar-refractivity contribution < 1.29 is 14.3 Å². The maximum atomic E-state index is 13.7. The van der Waals surface area contributed by atoms with E-state index in [1.807, 2.05) is 39.0 Å². The predicted molar refractivity (Wildman–Crippen MR) is 173 cm³/mol. The average Bonchev–Trinajstić information content (AvgIpc) is 3.59. The van der Waals surface area contributed by atoms with Crippen LogP contribution in [0.5, 0.6) is 0 Å². The number of benzene rings is 2. The maximum absolute atomic E-state index is 13.7. The highest BCUT2D eigenvalue weighted by molar-refractivity contribution is 7.98. The fraction of sp³-hybridized carbons (Fsp3) is 0.433. The van der Waals surface area contributed by atoms with E-state index in [1.165, 1.54) is 6.33 Å². The van der Waals surface area contributed by atoms with Crippen LogP contribution in [0.3, 0.4) is 0 Å². The molecule has 3 N–H and O–H groups in total. The topological polar surface area (TPSA) is 125 Å². The Morgan fingerprint density at radius 2 is 2.00 bits per heavy atom. The second-order valence-corrected chi connectivity index (χ2v) is 13.3. The van der Waals surface area contributed by atoms with Crippen molar-refractivity contribution in [1.82, 2.24) is 30.2 Å². The van der Waals surface area contributed by atoms with Gasteiger partial charge in [0.05, 0.1) is 33.2 Å². The number of nitrogens with zero attached hydrogens (tertiary/aromatic N) is 4. The second kappa shape index (κ2) is 13.2. The summed E-state index contributed by atoms with van der Waals surface area (Å²) in [4.78, 5) is 44.8. The number of imidazole rings is 1. The number of halogens is 2. The maximum Gasteiger partial charge on any atom is 0.407 e. The molecule has 0 aliphatic carbocycles. The molecular weight excluding hydrogens is 609 g/mol. The highest BCUT2D eigenvalue weighted by atomic mass is 35.5. The van der Waals surface area contributed by atoms with E-state index in [1.54, 1.807) is 28.8 Å². The van der Waals surface area contributed by atoms with Crippen LogP contribution in [-0.4, -0.2) is 73.6 Å². The number of alkyl carbamates (subject to hydrolysis) is 1. The molecule has 4 aromatic rings. The Morgan fingerprint density at radius 3 is 2.77 bits per heavy atom. The molecule has 2 aromatic heterocycles. The summed E-state index contributed by atoms with van der Waals surface area (Å²) in [7, 11) is 0. The Balaban J connectivity index is 1.37. The van der Waals surface area contributed by atoms with Crippen molar-refractivity contribution >= 4 is 74.7 Å². The third-order valence-electron chi connectivity index (χ3n) is 7.19. The minimum absolute atomic E-state index is 0.162. The number of ether oxygens (including phenoxy) is 1. The molecule has 2 atom stereocenters. The molecule has 3 heterocycles. The molecule has 0 saturated carbocycles. The number of hydrogen-bond acceptors (Lipinski definition) is 8. The fourth-order valence-electron chi connectivity index (χ4n) is 5.18. The predicted octanol–water partition coefficient (Wildman–Crippen LogP) is 6.85. The van der Waals surface area contributed by atoms with Gasteiger partial charge < -0.3 is 25.3 Å². The van der Waals surface area contributed by atoms with Crippen LogP contribution in [0, 0.1) is 0 Å². The van der Waals surface area contributed by atoms with Crippen molar-refractivity contribution in [3.05, 3.63) is 58.1 Å². The van der Waals surface area contributed by atoms with E-state index in [4.69, 9.17) is 32.9 Å². The van der Waals surface area contributed by atoms with Gasteiger partial charge in [-0.15, -0.1) is 0 Å². The summed E-state index contributed by atoms with van der Waals surface area (Å²) >= 11 is 14.7. The fourth-order valence-corrected chi connectivity index (χ4v) is 6.06.